The number of nitrogens with zero attached hydrogens (tertiary/aromatic N) is 1. The van der Waals surface area contributed by atoms with Crippen LogP contribution in [0.4, 0.5) is 0 Å². The van der Waals surface area contributed by atoms with Gasteiger partial charge in [0.15, 0.2) is 0 Å². The summed E-state index contributed by atoms with van der Waals surface area (Å²) in [4.78, 5) is 24.8. The molecule has 5 nitrogen and oxygen atoms in total. The van der Waals surface area contributed by atoms with Crippen molar-refractivity contribution in [3.8, 4) is 0 Å². The van der Waals surface area contributed by atoms with E-state index in [4.69, 9.17) is 5.11 Å². The van der Waals surface area contributed by atoms with Crippen LogP contribution in [0.3, 0.4) is 0 Å². The molecule has 17 heavy (non-hydrogen) atoms. The summed E-state index contributed by atoms with van der Waals surface area (Å²) in [6, 6.07) is -0.611. The highest BCUT2D eigenvalue weighted by Crippen LogP contribution is 2.29. The monoisotopic (exact) mass is 242 g/mol. The van der Waals surface area contributed by atoms with Gasteiger partial charge >= 0.3 is 5.97 Å². The van der Waals surface area contributed by atoms with Crippen molar-refractivity contribution in [3.63, 3.8) is 0 Å². The van der Waals surface area contributed by atoms with E-state index in [9.17, 15) is 9.59 Å². The summed E-state index contributed by atoms with van der Waals surface area (Å²) >= 11 is 0. The zero-order valence-corrected chi connectivity index (χ0v) is 11.2. The minimum absolute atomic E-state index is 0.129. The van der Waals surface area contributed by atoms with Crippen LogP contribution in [0.5, 0.6) is 0 Å². The van der Waals surface area contributed by atoms with Crippen molar-refractivity contribution in [1.82, 2.24) is 10.2 Å². The van der Waals surface area contributed by atoms with Crippen molar-refractivity contribution in [2.75, 3.05) is 6.54 Å². The predicted molar refractivity (Wildman–Crippen MR) is 64.7 cm³/mol. The second kappa shape index (κ2) is 4.29. The zero-order valence-electron chi connectivity index (χ0n) is 11.2. The Hall–Kier alpha value is -1.10. The van der Waals surface area contributed by atoms with Gasteiger partial charge in [-0.05, 0) is 34.6 Å². The molecule has 1 saturated heterocycles. The van der Waals surface area contributed by atoms with Gasteiger partial charge in [-0.25, -0.2) is 0 Å². The number of piperazine rings is 1. The molecule has 0 radical (unpaired) electrons. The smallest absolute Gasteiger partial charge is 0.305 e. The van der Waals surface area contributed by atoms with Gasteiger partial charge in [0.05, 0.1) is 18.0 Å². The van der Waals surface area contributed by atoms with Crippen LogP contribution in [0.2, 0.25) is 0 Å². The highest BCUT2D eigenvalue weighted by Gasteiger charge is 2.45. The average Bonchev–Trinajstić information content (AvgIpc) is 2.06. The molecule has 98 valence electrons. The van der Waals surface area contributed by atoms with Crippen molar-refractivity contribution in [2.45, 2.75) is 58.2 Å². The summed E-state index contributed by atoms with van der Waals surface area (Å²) < 4.78 is 0. The van der Waals surface area contributed by atoms with E-state index in [1.807, 2.05) is 34.6 Å². The van der Waals surface area contributed by atoms with Crippen LogP contribution < -0.4 is 5.32 Å². The number of nitrogens with one attached hydrogen (secondary N) is 1. The molecule has 0 saturated carbocycles. The second-order valence-corrected chi connectivity index (χ2v) is 6.19. The number of rotatable bonds is 2. The topological polar surface area (TPSA) is 69.6 Å². The van der Waals surface area contributed by atoms with E-state index in [1.165, 1.54) is 0 Å². The fourth-order valence-electron chi connectivity index (χ4n) is 2.57. The summed E-state index contributed by atoms with van der Waals surface area (Å²) in [5, 5.41) is 11.8. The maximum atomic E-state index is 12.3. The van der Waals surface area contributed by atoms with Gasteiger partial charge in [0.2, 0.25) is 5.91 Å². The Kier molecular flexibility index (Phi) is 3.52. The second-order valence-electron chi connectivity index (χ2n) is 6.19. The Balaban J connectivity index is 2.97. The van der Waals surface area contributed by atoms with E-state index in [-0.39, 0.29) is 23.4 Å². The first-order valence-electron chi connectivity index (χ1n) is 5.85. The molecular formula is C12H22N2O3. The van der Waals surface area contributed by atoms with Gasteiger partial charge in [-0.2, -0.15) is 0 Å². The van der Waals surface area contributed by atoms with E-state index in [0.29, 0.717) is 6.54 Å². The summed E-state index contributed by atoms with van der Waals surface area (Å²) in [5.74, 6) is -1.08. The Bertz CT molecular complexity index is 331. The van der Waals surface area contributed by atoms with Gasteiger partial charge in [-0.1, -0.05) is 0 Å². The van der Waals surface area contributed by atoms with Gasteiger partial charge in [-0.15, -0.1) is 0 Å². The van der Waals surface area contributed by atoms with E-state index < -0.39 is 12.0 Å². The third kappa shape index (κ3) is 2.97. The highest BCUT2D eigenvalue weighted by atomic mass is 16.4. The molecule has 0 aromatic carbocycles. The quantitative estimate of drug-likeness (QED) is 0.753. The third-order valence-corrected chi connectivity index (χ3v) is 2.95. The molecule has 1 atom stereocenters. The van der Waals surface area contributed by atoms with Crippen LogP contribution in [0.25, 0.3) is 0 Å². The van der Waals surface area contributed by atoms with Crippen molar-refractivity contribution >= 4 is 11.9 Å². The zero-order chi connectivity index (χ0) is 13.4. The molecule has 1 rings (SSSR count). The highest BCUT2D eigenvalue weighted by molar-refractivity contribution is 5.88. The molecule has 5 heteroatoms. The largest absolute Gasteiger partial charge is 0.481 e. The number of aliphatic carboxylic acids is 1. The van der Waals surface area contributed by atoms with Gasteiger partial charge in [0.25, 0.3) is 0 Å². The molecule has 0 spiro atoms. The van der Waals surface area contributed by atoms with Crippen LogP contribution in [0, 0.1) is 0 Å². The van der Waals surface area contributed by atoms with Gasteiger partial charge in [0, 0.05) is 12.1 Å². The maximum absolute atomic E-state index is 12.3. The lowest BCUT2D eigenvalue weighted by Gasteiger charge is -2.52. The lowest BCUT2D eigenvalue weighted by atomic mass is 9.89. The summed E-state index contributed by atoms with van der Waals surface area (Å²) in [6.07, 6.45) is -0.165. The van der Waals surface area contributed by atoms with E-state index in [1.54, 1.807) is 4.90 Å². The van der Waals surface area contributed by atoms with Gasteiger partial charge in [-0.3, -0.25) is 9.59 Å². The molecule has 0 aliphatic carbocycles. The molecule has 0 bridgehead atoms. The fraction of sp³-hybridized carbons (Fsp3) is 0.833. The molecular weight excluding hydrogens is 220 g/mol. The Morgan fingerprint density at radius 2 is 2.06 bits per heavy atom. The molecule has 0 aromatic rings. The van der Waals surface area contributed by atoms with Crippen molar-refractivity contribution in [2.24, 2.45) is 0 Å². The minimum Gasteiger partial charge on any atom is -0.481 e. The van der Waals surface area contributed by atoms with Crippen molar-refractivity contribution < 1.29 is 14.7 Å². The van der Waals surface area contributed by atoms with Crippen LogP contribution >= 0.6 is 0 Å². The fourth-order valence-corrected chi connectivity index (χ4v) is 2.57. The number of amides is 1. The van der Waals surface area contributed by atoms with Gasteiger partial charge < -0.3 is 15.3 Å². The minimum atomic E-state index is -0.954. The van der Waals surface area contributed by atoms with Crippen molar-refractivity contribution in [1.29, 1.82) is 0 Å². The summed E-state index contributed by atoms with van der Waals surface area (Å²) in [5.41, 5.74) is -0.607. The first-order valence-corrected chi connectivity index (χ1v) is 5.85. The van der Waals surface area contributed by atoms with Crippen molar-refractivity contribution in [3.05, 3.63) is 0 Å². The Morgan fingerprint density at radius 3 is 2.47 bits per heavy atom. The number of hydrogen-bond donors (Lipinski definition) is 2. The number of carboxylic acids is 1. The van der Waals surface area contributed by atoms with Crippen LogP contribution in [-0.4, -0.2) is 45.5 Å². The number of carboxylic acid groups (broad SMARTS) is 1. The number of carbonyl (C=O) groups is 2. The van der Waals surface area contributed by atoms with E-state index >= 15 is 0 Å². The molecule has 2 N–H and O–H groups in total. The lowest BCUT2D eigenvalue weighted by molar-refractivity contribution is -0.154. The SMILES string of the molecule is CC(C)(C)N1C(=O)C(CC(=O)O)NCC1(C)C. The molecule has 1 fully saturated rings. The number of carbonyl (C=O) groups excluding carboxylic acids is 1. The Labute approximate surface area is 102 Å². The Morgan fingerprint density at radius 1 is 1.53 bits per heavy atom. The molecule has 0 aromatic heterocycles. The first-order chi connectivity index (χ1) is 7.55. The normalized spacial score (nSPS) is 24.9. The maximum Gasteiger partial charge on any atom is 0.305 e. The molecule has 1 aliphatic heterocycles. The summed E-state index contributed by atoms with van der Waals surface area (Å²) in [7, 11) is 0. The molecule has 1 amide bonds. The number of hydrogen-bond acceptors (Lipinski definition) is 3. The summed E-state index contributed by atoms with van der Waals surface area (Å²) in [6.45, 7) is 10.5. The average molecular weight is 242 g/mol. The predicted octanol–water partition coefficient (Wildman–Crippen LogP) is 0.839. The van der Waals surface area contributed by atoms with E-state index in [0.717, 1.165) is 0 Å². The lowest BCUT2D eigenvalue weighted by Crippen LogP contribution is -2.70. The van der Waals surface area contributed by atoms with Gasteiger partial charge in [0.1, 0.15) is 0 Å². The molecule has 1 heterocycles. The van der Waals surface area contributed by atoms with Crippen LogP contribution in [-0.2, 0) is 9.59 Å². The van der Waals surface area contributed by atoms with Crippen LogP contribution in [0.15, 0.2) is 0 Å². The third-order valence-electron chi connectivity index (χ3n) is 2.95. The van der Waals surface area contributed by atoms with Crippen LogP contribution in [0.1, 0.15) is 41.0 Å². The first kappa shape index (κ1) is 14.0. The molecule has 1 unspecified atom stereocenters. The standard InChI is InChI=1S/C12H22N2O3/c1-11(2,3)14-10(17)8(6-9(15)16)13-7-12(14,4)5/h8,13H,6-7H2,1-5H3,(H,15,16). The molecule has 1 aliphatic rings. The van der Waals surface area contributed by atoms with E-state index in [2.05, 4.69) is 5.32 Å².